The zero-order valence-corrected chi connectivity index (χ0v) is 13.2. The monoisotopic (exact) mass is 302 g/mol. The van der Waals surface area contributed by atoms with E-state index in [4.69, 9.17) is 4.42 Å². The Hall–Kier alpha value is -1.92. The summed E-state index contributed by atoms with van der Waals surface area (Å²) < 4.78 is 5.83. The van der Waals surface area contributed by atoms with E-state index in [0.717, 1.165) is 41.0 Å². The van der Waals surface area contributed by atoms with Crippen molar-refractivity contribution in [3.05, 3.63) is 46.4 Å². The summed E-state index contributed by atoms with van der Waals surface area (Å²) in [6.45, 7) is 5.60. The minimum Gasteiger partial charge on any atom is -0.440 e. The van der Waals surface area contributed by atoms with Gasteiger partial charge in [0, 0.05) is 25.0 Å². The fourth-order valence-electron chi connectivity index (χ4n) is 2.24. The highest BCUT2D eigenvalue weighted by atomic mass is 32.1. The molecule has 3 rings (SSSR count). The second kappa shape index (κ2) is 5.83. The molecule has 0 bridgehead atoms. The first-order valence-corrected chi connectivity index (χ1v) is 7.69. The van der Waals surface area contributed by atoms with E-state index < -0.39 is 0 Å². The topological polar surface area (TPSA) is 58.0 Å². The molecule has 0 amide bonds. The third kappa shape index (κ3) is 3.06. The molecule has 3 heterocycles. The first-order valence-electron chi connectivity index (χ1n) is 6.81. The van der Waals surface area contributed by atoms with E-state index >= 15 is 0 Å². The van der Waals surface area contributed by atoms with Crippen molar-refractivity contribution >= 4 is 11.3 Å². The van der Waals surface area contributed by atoms with Crippen LogP contribution < -0.4 is 0 Å². The molecule has 0 radical (unpaired) electrons. The van der Waals surface area contributed by atoms with Gasteiger partial charge in [0.1, 0.15) is 5.76 Å². The van der Waals surface area contributed by atoms with E-state index in [9.17, 15) is 0 Å². The second-order valence-electron chi connectivity index (χ2n) is 5.21. The lowest BCUT2D eigenvalue weighted by Gasteiger charge is -2.13. The Morgan fingerprint density at radius 1 is 1.29 bits per heavy atom. The van der Waals surface area contributed by atoms with Gasteiger partial charge in [0.05, 0.1) is 10.6 Å². The zero-order chi connectivity index (χ0) is 14.8. The normalized spacial score (nSPS) is 11.4. The number of nitrogens with one attached hydrogen (secondary N) is 1. The maximum Gasteiger partial charge on any atom is 0.237 e. The van der Waals surface area contributed by atoms with Crippen LogP contribution in [0, 0.1) is 13.8 Å². The molecule has 3 aromatic rings. The molecule has 21 heavy (non-hydrogen) atoms. The number of aryl methyl sites for hydroxylation is 2. The van der Waals surface area contributed by atoms with Crippen molar-refractivity contribution in [1.82, 2.24) is 20.1 Å². The first kappa shape index (κ1) is 14.0. The highest BCUT2D eigenvalue weighted by Crippen LogP contribution is 2.30. The number of rotatable bonds is 5. The Bertz CT molecular complexity index is 714. The number of hydrogen-bond acceptors (Lipinski definition) is 5. The molecule has 1 N–H and O–H groups in total. The molecule has 0 saturated heterocycles. The lowest BCUT2D eigenvalue weighted by atomic mass is 10.3. The molecule has 3 aromatic heterocycles. The van der Waals surface area contributed by atoms with Gasteiger partial charge >= 0.3 is 0 Å². The number of nitrogens with zero attached hydrogens (tertiary/aromatic N) is 3. The molecule has 0 aromatic carbocycles. The summed E-state index contributed by atoms with van der Waals surface area (Å²) in [5, 5.41) is 9.00. The van der Waals surface area contributed by atoms with Crippen LogP contribution in [-0.2, 0) is 13.1 Å². The number of oxazole rings is 1. The molecule has 0 aliphatic heterocycles. The van der Waals surface area contributed by atoms with Crippen LogP contribution in [0.1, 0.15) is 22.7 Å². The standard InChI is InChI=1S/C15H18N4OS/c1-10-5-7-21-14(10)15-17-13(11(2)20-15)9-19(3)8-12-4-6-16-18-12/h4-7H,8-9H2,1-3H3,(H,16,18). The Morgan fingerprint density at radius 2 is 2.14 bits per heavy atom. The molecule has 0 aliphatic rings. The molecule has 6 heteroatoms. The van der Waals surface area contributed by atoms with Crippen molar-refractivity contribution in [2.75, 3.05) is 7.05 Å². The van der Waals surface area contributed by atoms with E-state index in [1.54, 1.807) is 17.5 Å². The predicted molar refractivity (Wildman–Crippen MR) is 83.0 cm³/mol. The summed E-state index contributed by atoms with van der Waals surface area (Å²) in [5.74, 6) is 1.61. The summed E-state index contributed by atoms with van der Waals surface area (Å²) in [4.78, 5) is 7.95. The summed E-state index contributed by atoms with van der Waals surface area (Å²) in [6, 6.07) is 4.07. The molecule has 0 aliphatic carbocycles. The van der Waals surface area contributed by atoms with Gasteiger partial charge < -0.3 is 4.42 Å². The van der Waals surface area contributed by atoms with E-state index in [0.29, 0.717) is 0 Å². The lowest BCUT2D eigenvalue weighted by Crippen LogP contribution is -2.18. The maximum absolute atomic E-state index is 5.83. The first-order chi connectivity index (χ1) is 10.1. The third-order valence-corrected chi connectivity index (χ3v) is 4.37. The zero-order valence-electron chi connectivity index (χ0n) is 12.4. The molecule has 0 spiro atoms. The number of H-pyrrole nitrogens is 1. The van der Waals surface area contributed by atoms with Gasteiger partial charge in [0.2, 0.25) is 5.89 Å². The fourth-order valence-corrected chi connectivity index (χ4v) is 3.09. The van der Waals surface area contributed by atoms with Gasteiger partial charge in [-0.15, -0.1) is 11.3 Å². The summed E-state index contributed by atoms with van der Waals surface area (Å²) in [7, 11) is 2.06. The number of hydrogen-bond donors (Lipinski definition) is 1. The smallest absolute Gasteiger partial charge is 0.237 e. The second-order valence-corrected chi connectivity index (χ2v) is 6.12. The van der Waals surface area contributed by atoms with Crippen LogP contribution in [0.4, 0.5) is 0 Å². The molecule has 0 saturated carbocycles. The molecule has 0 atom stereocenters. The van der Waals surface area contributed by atoms with Gasteiger partial charge in [-0.1, -0.05) is 0 Å². The molecular weight excluding hydrogens is 284 g/mol. The molecular formula is C15H18N4OS. The predicted octanol–water partition coefficient (Wildman–Crippen LogP) is 3.38. The van der Waals surface area contributed by atoms with Crippen LogP contribution in [0.2, 0.25) is 0 Å². The van der Waals surface area contributed by atoms with Gasteiger partial charge in [-0.25, -0.2) is 4.98 Å². The van der Waals surface area contributed by atoms with Gasteiger partial charge in [-0.3, -0.25) is 10.00 Å². The van der Waals surface area contributed by atoms with Crippen molar-refractivity contribution in [3.63, 3.8) is 0 Å². The van der Waals surface area contributed by atoms with Crippen molar-refractivity contribution < 1.29 is 4.42 Å². The Kier molecular flexibility index (Phi) is 3.90. The van der Waals surface area contributed by atoms with E-state index in [1.165, 1.54) is 5.56 Å². The minimum absolute atomic E-state index is 0.727. The van der Waals surface area contributed by atoms with Crippen LogP contribution in [0.5, 0.6) is 0 Å². The average Bonchev–Trinajstić information content (AvgIpc) is 3.13. The molecule has 110 valence electrons. The number of aromatic amines is 1. The quantitative estimate of drug-likeness (QED) is 0.785. The highest BCUT2D eigenvalue weighted by Gasteiger charge is 2.15. The van der Waals surface area contributed by atoms with Gasteiger partial charge in [0.15, 0.2) is 0 Å². The van der Waals surface area contributed by atoms with Crippen molar-refractivity contribution in [3.8, 4) is 10.8 Å². The summed E-state index contributed by atoms with van der Waals surface area (Å²) in [6.07, 6.45) is 1.77. The van der Waals surface area contributed by atoms with Crippen molar-refractivity contribution in [1.29, 1.82) is 0 Å². The SMILES string of the molecule is Cc1ccsc1-c1nc(CN(C)Cc2ccn[nH]2)c(C)o1. The fraction of sp³-hybridized carbons (Fsp3) is 0.333. The van der Waals surface area contributed by atoms with Gasteiger partial charge in [-0.05, 0) is 44.0 Å². The lowest BCUT2D eigenvalue weighted by molar-refractivity contribution is 0.309. The van der Waals surface area contributed by atoms with Crippen LogP contribution >= 0.6 is 11.3 Å². The Labute approximate surface area is 127 Å². The molecule has 0 fully saturated rings. The van der Waals surface area contributed by atoms with Crippen LogP contribution in [-0.4, -0.2) is 27.1 Å². The van der Waals surface area contributed by atoms with Crippen LogP contribution in [0.25, 0.3) is 10.8 Å². The maximum atomic E-state index is 5.83. The van der Waals surface area contributed by atoms with Crippen molar-refractivity contribution in [2.24, 2.45) is 0 Å². The van der Waals surface area contributed by atoms with E-state index in [1.807, 2.05) is 13.0 Å². The molecule has 5 nitrogen and oxygen atoms in total. The van der Waals surface area contributed by atoms with Crippen molar-refractivity contribution in [2.45, 2.75) is 26.9 Å². The summed E-state index contributed by atoms with van der Waals surface area (Å²) in [5.41, 5.74) is 3.28. The Balaban J connectivity index is 1.74. The largest absolute Gasteiger partial charge is 0.440 e. The van der Waals surface area contributed by atoms with Gasteiger partial charge in [-0.2, -0.15) is 5.10 Å². The third-order valence-electron chi connectivity index (χ3n) is 3.37. The number of aromatic nitrogens is 3. The summed E-state index contributed by atoms with van der Waals surface area (Å²) >= 11 is 1.66. The highest BCUT2D eigenvalue weighted by molar-refractivity contribution is 7.13. The van der Waals surface area contributed by atoms with Gasteiger partial charge in [0.25, 0.3) is 0 Å². The van der Waals surface area contributed by atoms with Crippen LogP contribution in [0.3, 0.4) is 0 Å². The minimum atomic E-state index is 0.727. The molecule has 0 unspecified atom stereocenters. The average molecular weight is 302 g/mol. The number of thiophene rings is 1. The van der Waals surface area contributed by atoms with Crippen LogP contribution in [0.15, 0.2) is 28.1 Å². The van der Waals surface area contributed by atoms with E-state index in [-0.39, 0.29) is 0 Å². The Morgan fingerprint density at radius 3 is 2.81 bits per heavy atom. The van der Waals surface area contributed by atoms with E-state index in [2.05, 4.69) is 45.5 Å².